The maximum Gasteiger partial charge on any atom is 0.337 e. The van der Waals surface area contributed by atoms with Crippen LogP contribution in [0.3, 0.4) is 0 Å². The average Bonchev–Trinajstić information content (AvgIpc) is 3.21. The summed E-state index contributed by atoms with van der Waals surface area (Å²) in [6.07, 6.45) is 4.11. The Bertz CT molecular complexity index is 585. The highest BCUT2D eigenvalue weighted by atomic mass is 16.5. The molecule has 124 valence electrons. The number of esters is 1. The van der Waals surface area contributed by atoms with Gasteiger partial charge in [-0.3, -0.25) is 4.99 Å². The summed E-state index contributed by atoms with van der Waals surface area (Å²) in [5.74, 6) is 0.460. The maximum atomic E-state index is 11.4. The molecule has 3 atom stereocenters. The Morgan fingerprint density at radius 3 is 2.70 bits per heavy atom. The molecule has 1 aromatic carbocycles. The number of rotatable bonds is 4. The van der Waals surface area contributed by atoms with E-state index < -0.39 is 0 Å². The summed E-state index contributed by atoms with van der Waals surface area (Å²) in [5.41, 5.74) is 1.63. The SMILES string of the molecule is CN=C(NCc1ccc(C(=O)OC)cc1)NC1CC2CCC1O2. The van der Waals surface area contributed by atoms with E-state index in [1.807, 2.05) is 12.1 Å². The first kappa shape index (κ1) is 15.8. The third-order valence-corrected chi connectivity index (χ3v) is 4.49. The van der Waals surface area contributed by atoms with E-state index in [2.05, 4.69) is 15.6 Å². The quantitative estimate of drug-likeness (QED) is 0.500. The van der Waals surface area contributed by atoms with Crippen LogP contribution < -0.4 is 10.6 Å². The van der Waals surface area contributed by atoms with Crippen LogP contribution in [0.25, 0.3) is 0 Å². The van der Waals surface area contributed by atoms with Crippen molar-refractivity contribution in [2.45, 2.75) is 44.1 Å². The Labute approximate surface area is 136 Å². The number of fused-ring (bicyclic) bond motifs is 2. The van der Waals surface area contributed by atoms with E-state index in [4.69, 9.17) is 9.47 Å². The van der Waals surface area contributed by atoms with Crippen molar-refractivity contribution in [3.63, 3.8) is 0 Å². The highest BCUT2D eigenvalue weighted by Crippen LogP contribution is 2.34. The molecule has 2 heterocycles. The summed E-state index contributed by atoms with van der Waals surface area (Å²) >= 11 is 0. The third-order valence-electron chi connectivity index (χ3n) is 4.49. The lowest BCUT2D eigenvalue weighted by Crippen LogP contribution is -2.47. The zero-order chi connectivity index (χ0) is 16.2. The lowest BCUT2D eigenvalue weighted by atomic mass is 9.96. The van der Waals surface area contributed by atoms with E-state index in [1.165, 1.54) is 13.5 Å². The van der Waals surface area contributed by atoms with Crippen LogP contribution in [0.5, 0.6) is 0 Å². The largest absolute Gasteiger partial charge is 0.465 e. The van der Waals surface area contributed by atoms with Crippen LogP contribution in [0.4, 0.5) is 0 Å². The van der Waals surface area contributed by atoms with Crippen LogP contribution in [0.2, 0.25) is 0 Å². The number of guanidine groups is 1. The number of benzene rings is 1. The Morgan fingerprint density at radius 1 is 1.35 bits per heavy atom. The lowest BCUT2D eigenvalue weighted by molar-refractivity contribution is 0.0600. The molecule has 2 fully saturated rings. The fourth-order valence-corrected chi connectivity index (χ4v) is 3.22. The Morgan fingerprint density at radius 2 is 2.13 bits per heavy atom. The molecule has 6 nitrogen and oxygen atoms in total. The number of nitrogens with one attached hydrogen (secondary N) is 2. The molecule has 3 rings (SSSR count). The minimum atomic E-state index is -0.321. The normalized spacial score (nSPS) is 26.2. The molecule has 0 amide bonds. The van der Waals surface area contributed by atoms with Gasteiger partial charge in [0.1, 0.15) is 0 Å². The molecule has 0 aromatic heterocycles. The fraction of sp³-hybridized carbons (Fsp3) is 0.529. The van der Waals surface area contributed by atoms with Crippen LogP contribution in [0.15, 0.2) is 29.3 Å². The molecule has 2 aliphatic heterocycles. The summed E-state index contributed by atoms with van der Waals surface area (Å²) in [6.45, 7) is 0.642. The standard InChI is InChI=1S/C17H23N3O3/c1-18-17(20-14-9-13-7-8-15(14)23-13)19-10-11-3-5-12(6-4-11)16(21)22-2/h3-6,13-15H,7-10H2,1-2H3,(H2,18,19,20). The van der Waals surface area contributed by atoms with Gasteiger partial charge in [0.15, 0.2) is 5.96 Å². The van der Waals surface area contributed by atoms with Gasteiger partial charge >= 0.3 is 5.97 Å². The number of nitrogens with zero attached hydrogens (tertiary/aromatic N) is 1. The van der Waals surface area contributed by atoms with Crippen LogP contribution in [0.1, 0.15) is 35.2 Å². The molecule has 0 spiro atoms. The van der Waals surface area contributed by atoms with Crippen molar-refractivity contribution >= 4 is 11.9 Å². The van der Waals surface area contributed by atoms with Crippen molar-refractivity contribution in [3.05, 3.63) is 35.4 Å². The van der Waals surface area contributed by atoms with E-state index in [9.17, 15) is 4.79 Å². The molecule has 0 aliphatic carbocycles. The zero-order valence-corrected chi connectivity index (χ0v) is 13.5. The third kappa shape index (κ3) is 3.64. The van der Waals surface area contributed by atoms with Crippen molar-refractivity contribution in [2.24, 2.45) is 4.99 Å². The molecule has 1 aromatic rings. The number of carbonyl (C=O) groups excluding carboxylic acids is 1. The number of carbonyl (C=O) groups is 1. The topological polar surface area (TPSA) is 72.0 Å². The van der Waals surface area contributed by atoms with E-state index in [1.54, 1.807) is 19.2 Å². The van der Waals surface area contributed by atoms with E-state index in [-0.39, 0.29) is 5.97 Å². The predicted octanol–water partition coefficient (Wildman–Crippen LogP) is 1.46. The Balaban J connectivity index is 1.51. The van der Waals surface area contributed by atoms with Crippen molar-refractivity contribution in [1.29, 1.82) is 0 Å². The predicted molar refractivity (Wildman–Crippen MR) is 87.4 cm³/mol. The van der Waals surface area contributed by atoms with Crippen molar-refractivity contribution in [1.82, 2.24) is 10.6 Å². The molecule has 2 aliphatic rings. The minimum absolute atomic E-state index is 0.317. The average molecular weight is 317 g/mol. The molecular formula is C17H23N3O3. The maximum absolute atomic E-state index is 11.4. The molecule has 2 saturated heterocycles. The molecule has 23 heavy (non-hydrogen) atoms. The van der Waals surface area contributed by atoms with Crippen molar-refractivity contribution < 1.29 is 14.3 Å². The smallest absolute Gasteiger partial charge is 0.337 e. The second-order valence-corrected chi connectivity index (χ2v) is 5.97. The molecule has 3 unspecified atom stereocenters. The van der Waals surface area contributed by atoms with Gasteiger partial charge in [0.25, 0.3) is 0 Å². The van der Waals surface area contributed by atoms with Crippen LogP contribution >= 0.6 is 0 Å². The summed E-state index contributed by atoms with van der Waals surface area (Å²) in [7, 11) is 3.15. The van der Waals surface area contributed by atoms with E-state index in [0.717, 1.165) is 24.4 Å². The molecule has 2 N–H and O–H groups in total. The van der Waals surface area contributed by atoms with Gasteiger partial charge in [-0.1, -0.05) is 12.1 Å². The van der Waals surface area contributed by atoms with Gasteiger partial charge in [0.05, 0.1) is 30.9 Å². The second-order valence-electron chi connectivity index (χ2n) is 5.97. The van der Waals surface area contributed by atoms with Crippen LogP contribution in [0, 0.1) is 0 Å². The first-order valence-corrected chi connectivity index (χ1v) is 7.99. The van der Waals surface area contributed by atoms with Gasteiger partial charge in [-0.15, -0.1) is 0 Å². The second kappa shape index (κ2) is 7.00. The molecule has 0 radical (unpaired) electrons. The van der Waals surface area contributed by atoms with Crippen molar-refractivity contribution in [3.8, 4) is 0 Å². The number of hydrogen-bond acceptors (Lipinski definition) is 4. The summed E-state index contributed by atoms with van der Waals surface area (Å²) in [5, 5.41) is 6.75. The number of hydrogen-bond donors (Lipinski definition) is 2. The molecular weight excluding hydrogens is 294 g/mol. The fourth-order valence-electron chi connectivity index (χ4n) is 3.22. The summed E-state index contributed by atoms with van der Waals surface area (Å²) < 4.78 is 10.5. The van der Waals surface area contributed by atoms with Gasteiger partial charge in [0, 0.05) is 13.6 Å². The number of aliphatic imine (C=N–C) groups is 1. The van der Waals surface area contributed by atoms with Crippen LogP contribution in [-0.4, -0.2) is 44.3 Å². The monoisotopic (exact) mass is 317 g/mol. The van der Waals surface area contributed by atoms with Crippen molar-refractivity contribution in [2.75, 3.05) is 14.2 Å². The van der Waals surface area contributed by atoms with Gasteiger partial charge in [0.2, 0.25) is 0 Å². The minimum Gasteiger partial charge on any atom is -0.465 e. The Kier molecular flexibility index (Phi) is 4.81. The van der Waals surface area contributed by atoms with E-state index >= 15 is 0 Å². The molecule has 2 bridgehead atoms. The number of methoxy groups -OCH3 is 1. The molecule has 6 heteroatoms. The van der Waals surface area contributed by atoms with Gasteiger partial charge in [-0.25, -0.2) is 4.79 Å². The lowest BCUT2D eigenvalue weighted by Gasteiger charge is -2.22. The molecule has 0 saturated carbocycles. The zero-order valence-electron chi connectivity index (χ0n) is 13.5. The van der Waals surface area contributed by atoms with E-state index in [0.29, 0.717) is 30.4 Å². The Hall–Kier alpha value is -2.08. The summed E-state index contributed by atoms with van der Waals surface area (Å²) in [4.78, 5) is 15.7. The number of ether oxygens (including phenoxy) is 2. The van der Waals surface area contributed by atoms with Gasteiger partial charge in [-0.2, -0.15) is 0 Å². The first-order valence-electron chi connectivity index (χ1n) is 7.99. The summed E-state index contributed by atoms with van der Waals surface area (Å²) in [6, 6.07) is 7.70. The van der Waals surface area contributed by atoms with Gasteiger partial charge < -0.3 is 20.1 Å². The van der Waals surface area contributed by atoms with Gasteiger partial charge in [-0.05, 0) is 37.0 Å². The van der Waals surface area contributed by atoms with Crippen LogP contribution in [-0.2, 0) is 16.0 Å². The highest BCUT2D eigenvalue weighted by molar-refractivity contribution is 5.89. The first-order chi connectivity index (χ1) is 11.2. The highest BCUT2D eigenvalue weighted by Gasteiger charge is 2.41.